The van der Waals surface area contributed by atoms with E-state index in [0.717, 1.165) is 6.07 Å². The molecule has 0 aliphatic rings. The standard InChI is InChI=1S/C14H13FN2O3S/c15-12-3-1-2-4-13(12)21(19,20)17-9-10-5-7-11(8-6-10)14(16)18/h1-8,17H,9H2,(H2,16,18). The molecule has 7 heteroatoms. The number of sulfonamides is 1. The number of benzene rings is 2. The number of rotatable bonds is 5. The largest absolute Gasteiger partial charge is 0.366 e. The van der Waals surface area contributed by atoms with Crippen LogP contribution in [0.4, 0.5) is 4.39 Å². The molecule has 0 spiro atoms. The van der Waals surface area contributed by atoms with E-state index in [1.165, 1.54) is 30.3 Å². The highest BCUT2D eigenvalue weighted by Crippen LogP contribution is 2.14. The van der Waals surface area contributed by atoms with Gasteiger partial charge in [0.25, 0.3) is 0 Å². The van der Waals surface area contributed by atoms with Gasteiger partial charge in [0.05, 0.1) is 0 Å². The quantitative estimate of drug-likeness (QED) is 0.875. The molecule has 0 aliphatic carbocycles. The first-order valence-electron chi connectivity index (χ1n) is 6.03. The lowest BCUT2D eigenvalue weighted by atomic mass is 10.1. The van der Waals surface area contributed by atoms with Crippen LogP contribution >= 0.6 is 0 Å². The van der Waals surface area contributed by atoms with Crippen LogP contribution in [0, 0.1) is 5.82 Å². The van der Waals surface area contributed by atoms with E-state index in [2.05, 4.69) is 4.72 Å². The zero-order valence-electron chi connectivity index (χ0n) is 10.9. The molecule has 110 valence electrons. The number of amides is 1. The van der Waals surface area contributed by atoms with Crippen molar-refractivity contribution in [3.8, 4) is 0 Å². The van der Waals surface area contributed by atoms with Gasteiger partial charge in [0.15, 0.2) is 0 Å². The lowest BCUT2D eigenvalue weighted by molar-refractivity contribution is 0.100. The summed E-state index contributed by atoms with van der Waals surface area (Å²) in [5, 5.41) is 0. The average Bonchev–Trinajstić information content (AvgIpc) is 2.46. The summed E-state index contributed by atoms with van der Waals surface area (Å²) in [6.45, 7) is -0.0181. The smallest absolute Gasteiger partial charge is 0.248 e. The van der Waals surface area contributed by atoms with E-state index in [4.69, 9.17) is 5.73 Å². The minimum absolute atomic E-state index is 0.0181. The summed E-state index contributed by atoms with van der Waals surface area (Å²) in [6.07, 6.45) is 0. The Morgan fingerprint density at radius 3 is 2.29 bits per heavy atom. The van der Waals surface area contributed by atoms with Gasteiger partial charge >= 0.3 is 0 Å². The molecule has 3 N–H and O–H groups in total. The lowest BCUT2D eigenvalue weighted by Crippen LogP contribution is -2.24. The third-order valence-corrected chi connectivity index (χ3v) is 4.27. The second kappa shape index (κ2) is 6.02. The Bertz CT molecular complexity index is 758. The molecule has 0 fully saturated rings. The van der Waals surface area contributed by atoms with Gasteiger partial charge in [-0.25, -0.2) is 17.5 Å². The van der Waals surface area contributed by atoms with Gasteiger partial charge in [-0.3, -0.25) is 4.79 Å². The van der Waals surface area contributed by atoms with Gasteiger partial charge in [0.2, 0.25) is 15.9 Å². The summed E-state index contributed by atoms with van der Waals surface area (Å²) < 4.78 is 39.7. The number of carbonyl (C=O) groups excluding carboxylic acids is 1. The van der Waals surface area contributed by atoms with Gasteiger partial charge in [0, 0.05) is 12.1 Å². The van der Waals surface area contributed by atoms with Gasteiger partial charge in [-0.05, 0) is 29.8 Å². The number of halogens is 1. The van der Waals surface area contributed by atoms with Crippen molar-refractivity contribution in [2.45, 2.75) is 11.4 Å². The predicted octanol–water partition coefficient (Wildman–Crippen LogP) is 1.40. The topological polar surface area (TPSA) is 89.3 Å². The number of carbonyl (C=O) groups is 1. The fourth-order valence-electron chi connectivity index (χ4n) is 1.71. The van der Waals surface area contributed by atoms with Crippen LogP contribution < -0.4 is 10.5 Å². The highest BCUT2D eigenvalue weighted by molar-refractivity contribution is 7.89. The van der Waals surface area contributed by atoms with Gasteiger partial charge in [0.1, 0.15) is 10.7 Å². The zero-order valence-corrected chi connectivity index (χ0v) is 11.7. The van der Waals surface area contributed by atoms with E-state index in [1.54, 1.807) is 12.1 Å². The molecule has 0 bridgehead atoms. The van der Waals surface area contributed by atoms with Crippen molar-refractivity contribution < 1.29 is 17.6 Å². The van der Waals surface area contributed by atoms with Crippen LogP contribution in [-0.4, -0.2) is 14.3 Å². The Balaban J connectivity index is 2.12. The summed E-state index contributed by atoms with van der Waals surface area (Å²) in [5.74, 6) is -1.37. The summed E-state index contributed by atoms with van der Waals surface area (Å²) in [6, 6.07) is 11.3. The minimum Gasteiger partial charge on any atom is -0.366 e. The Labute approximate surface area is 121 Å². The number of hydrogen-bond acceptors (Lipinski definition) is 3. The van der Waals surface area contributed by atoms with Crippen LogP contribution in [0.2, 0.25) is 0 Å². The van der Waals surface area contributed by atoms with E-state index in [9.17, 15) is 17.6 Å². The summed E-state index contributed by atoms with van der Waals surface area (Å²) in [4.78, 5) is 10.5. The molecule has 0 aliphatic heterocycles. The second-order valence-corrected chi connectivity index (χ2v) is 6.05. The van der Waals surface area contributed by atoms with Crippen LogP contribution in [0.25, 0.3) is 0 Å². The lowest BCUT2D eigenvalue weighted by Gasteiger charge is -2.08. The number of nitrogens with one attached hydrogen (secondary N) is 1. The zero-order chi connectivity index (χ0) is 15.5. The highest BCUT2D eigenvalue weighted by atomic mass is 32.2. The SMILES string of the molecule is NC(=O)c1ccc(CNS(=O)(=O)c2ccccc2F)cc1. The fourth-order valence-corrected chi connectivity index (χ4v) is 2.80. The van der Waals surface area contributed by atoms with E-state index in [1.807, 2.05) is 0 Å². The van der Waals surface area contributed by atoms with E-state index >= 15 is 0 Å². The fraction of sp³-hybridized carbons (Fsp3) is 0.0714. The van der Waals surface area contributed by atoms with E-state index in [-0.39, 0.29) is 6.54 Å². The van der Waals surface area contributed by atoms with Gasteiger partial charge in [-0.2, -0.15) is 0 Å². The molecule has 0 radical (unpaired) electrons. The Hall–Kier alpha value is -2.25. The van der Waals surface area contributed by atoms with Crippen molar-refractivity contribution in [2.24, 2.45) is 5.73 Å². The molecule has 0 heterocycles. The van der Waals surface area contributed by atoms with Gasteiger partial charge < -0.3 is 5.73 Å². The third kappa shape index (κ3) is 3.65. The molecule has 1 amide bonds. The van der Waals surface area contributed by atoms with Crippen LogP contribution in [0.5, 0.6) is 0 Å². The van der Waals surface area contributed by atoms with E-state index in [0.29, 0.717) is 11.1 Å². The minimum atomic E-state index is -3.93. The van der Waals surface area contributed by atoms with Crippen molar-refractivity contribution >= 4 is 15.9 Å². The van der Waals surface area contributed by atoms with Crippen molar-refractivity contribution in [2.75, 3.05) is 0 Å². The molecule has 0 unspecified atom stereocenters. The second-order valence-electron chi connectivity index (χ2n) is 4.32. The third-order valence-electron chi connectivity index (χ3n) is 2.83. The molecular formula is C14H13FN2O3S. The highest BCUT2D eigenvalue weighted by Gasteiger charge is 2.17. The molecule has 0 saturated carbocycles. The van der Waals surface area contributed by atoms with Crippen molar-refractivity contribution in [3.63, 3.8) is 0 Å². The van der Waals surface area contributed by atoms with Gasteiger partial charge in [-0.1, -0.05) is 24.3 Å². The van der Waals surface area contributed by atoms with Crippen LogP contribution in [-0.2, 0) is 16.6 Å². The Morgan fingerprint density at radius 2 is 1.71 bits per heavy atom. The molecule has 2 rings (SSSR count). The van der Waals surface area contributed by atoms with Crippen LogP contribution in [0.1, 0.15) is 15.9 Å². The number of hydrogen-bond donors (Lipinski definition) is 2. The summed E-state index contributed by atoms with van der Waals surface area (Å²) in [5.41, 5.74) is 6.06. The van der Waals surface area contributed by atoms with Gasteiger partial charge in [-0.15, -0.1) is 0 Å². The Morgan fingerprint density at radius 1 is 1.10 bits per heavy atom. The maximum absolute atomic E-state index is 13.5. The summed E-state index contributed by atoms with van der Waals surface area (Å²) in [7, 11) is -3.93. The molecule has 2 aromatic carbocycles. The normalized spacial score (nSPS) is 11.3. The average molecular weight is 308 g/mol. The predicted molar refractivity (Wildman–Crippen MR) is 75.4 cm³/mol. The molecule has 5 nitrogen and oxygen atoms in total. The first-order valence-corrected chi connectivity index (χ1v) is 7.51. The van der Waals surface area contributed by atoms with Crippen molar-refractivity contribution in [3.05, 3.63) is 65.5 Å². The van der Waals surface area contributed by atoms with Crippen molar-refractivity contribution in [1.82, 2.24) is 4.72 Å². The van der Waals surface area contributed by atoms with E-state index < -0.39 is 26.6 Å². The first-order chi connectivity index (χ1) is 9.90. The van der Waals surface area contributed by atoms with Crippen LogP contribution in [0.15, 0.2) is 53.4 Å². The number of primary amides is 1. The maximum Gasteiger partial charge on any atom is 0.248 e. The molecule has 21 heavy (non-hydrogen) atoms. The summed E-state index contributed by atoms with van der Waals surface area (Å²) >= 11 is 0. The maximum atomic E-state index is 13.5. The molecule has 0 aromatic heterocycles. The molecule has 0 atom stereocenters. The first kappa shape index (κ1) is 15.1. The molecular weight excluding hydrogens is 295 g/mol. The molecule has 2 aromatic rings. The molecule has 0 saturated heterocycles. The van der Waals surface area contributed by atoms with Crippen molar-refractivity contribution in [1.29, 1.82) is 0 Å². The van der Waals surface area contributed by atoms with Crippen LogP contribution in [0.3, 0.4) is 0 Å². The Kier molecular flexibility index (Phi) is 4.35. The number of nitrogens with two attached hydrogens (primary N) is 1. The monoisotopic (exact) mass is 308 g/mol.